The lowest BCUT2D eigenvalue weighted by Crippen LogP contribution is -2.43. The Bertz CT molecular complexity index is 706. The van der Waals surface area contributed by atoms with Gasteiger partial charge >= 0.3 is 12.0 Å². The van der Waals surface area contributed by atoms with Crippen LogP contribution < -0.4 is 10.6 Å². The largest absolute Gasteiger partial charge is 0.454 e. The highest BCUT2D eigenvalue weighted by Gasteiger charge is 2.47. The van der Waals surface area contributed by atoms with E-state index >= 15 is 0 Å². The minimum atomic E-state index is -1.02. The fourth-order valence-electron chi connectivity index (χ4n) is 2.18. The summed E-state index contributed by atoms with van der Waals surface area (Å²) in [5, 5.41) is 5.58. The average Bonchev–Trinajstić information content (AvgIpc) is 2.79. The van der Waals surface area contributed by atoms with Crippen molar-refractivity contribution in [2.75, 3.05) is 18.5 Å². The summed E-state index contributed by atoms with van der Waals surface area (Å²) in [5.74, 6) is -1.90. The predicted octanol–water partition coefficient (Wildman–Crippen LogP) is 1.54. The van der Waals surface area contributed by atoms with Gasteiger partial charge in [-0.25, -0.2) is 4.79 Å². The summed E-state index contributed by atoms with van der Waals surface area (Å²) < 4.78 is 4.81. The van der Waals surface area contributed by atoms with Gasteiger partial charge in [-0.1, -0.05) is 18.5 Å². The van der Waals surface area contributed by atoms with Crippen LogP contribution in [0.3, 0.4) is 0 Å². The van der Waals surface area contributed by atoms with Gasteiger partial charge in [0, 0.05) is 10.7 Å². The Kier molecular flexibility index (Phi) is 5.63. The van der Waals surface area contributed by atoms with E-state index in [4.69, 9.17) is 16.3 Å². The number of hydrogen-bond acceptors (Lipinski definition) is 5. The van der Waals surface area contributed by atoms with E-state index in [9.17, 15) is 19.2 Å². The van der Waals surface area contributed by atoms with Crippen LogP contribution in [-0.2, 0) is 19.1 Å². The molecule has 0 spiro atoms. The van der Waals surface area contributed by atoms with Gasteiger partial charge in [0.15, 0.2) is 6.61 Å². The summed E-state index contributed by atoms with van der Waals surface area (Å²) in [7, 11) is 0. The Balaban J connectivity index is 1.82. The molecule has 1 aliphatic rings. The molecule has 1 heterocycles. The molecule has 8 nitrogen and oxygen atoms in total. The molecule has 134 valence electrons. The molecule has 0 radical (unpaired) electrons. The van der Waals surface area contributed by atoms with E-state index in [1.165, 1.54) is 0 Å². The third-order valence-electron chi connectivity index (χ3n) is 3.83. The Morgan fingerprint density at radius 1 is 1.28 bits per heavy atom. The number of imide groups is 1. The van der Waals surface area contributed by atoms with E-state index in [0.29, 0.717) is 17.1 Å². The summed E-state index contributed by atoms with van der Waals surface area (Å²) in [6.07, 6.45) is 0.395. The number of anilines is 1. The van der Waals surface area contributed by atoms with Crippen LogP contribution in [0, 0.1) is 0 Å². The van der Waals surface area contributed by atoms with Crippen molar-refractivity contribution in [2.24, 2.45) is 0 Å². The van der Waals surface area contributed by atoms with E-state index in [0.717, 1.165) is 4.90 Å². The maximum absolute atomic E-state index is 12.2. The van der Waals surface area contributed by atoms with Crippen LogP contribution in [-0.4, -0.2) is 47.4 Å². The number of nitrogens with one attached hydrogen (secondary N) is 2. The van der Waals surface area contributed by atoms with Crippen LogP contribution >= 0.6 is 11.6 Å². The Hall–Kier alpha value is -2.61. The van der Waals surface area contributed by atoms with E-state index in [1.54, 1.807) is 38.1 Å². The third-order valence-corrected chi connectivity index (χ3v) is 4.08. The van der Waals surface area contributed by atoms with Crippen LogP contribution in [0.15, 0.2) is 24.3 Å². The maximum atomic E-state index is 12.2. The van der Waals surface area contributed by atoms with Gasteiger partial charge < -0.3 is 15.4 Å². The highest BCUT2D eigenvalue weighted by atomic mass is 35.5. The van der Waals surface area contributed by atoms with E-state index in [1.807, 2.05) is 0 Å². The zero-order chi connectivity index (χ0) is 18.6. The van der Waals surface area contributed by atoms with Crippen molar-refractivity contribution in [1.82, 2.24) is 10.2 Å². The second-order valence-corrected chi connectivity index (χ2v) is 6.16. The molecule has 1 aliphatic heterocycles. The van der Waals surface area contributed by atoms with Crippen LogP contribution in [0.4, 0.5) is 10.5 Å². The highest BCUT2D eigenvalue weighted by Crippen LogP contribution is 2.20. The van der Waals surface area contributed by atoms with Crippen LogP contribution in [0.5, 0.6) is 0 Å². The number of amides is 4. The molecule has 25 heavy (non-hydrogen) atoms. The van der Waals surface area contributed by atoms with Gasteiger partial charge in [-0.05, 0) is 37.6 Å². The SMILES string of the molecule is CC[C@@]1(C)NC(=O)N(CC(=O)OCC(=O)Nc2ccc(Cl)cc2)C1=O. The number of halogens is 1. The first-order valence-electron chi connectivity index (χ1n) is 7.60. The second-order valence-electron chi connectivity index (χ2n) is 5.72. The molecule has 2 rings (SSSR count). The Morgan fingerprint density at radius 3 is 2.48 bits per heavy atom. The van der Waals surface area contributed by atoms with Gasteiger partial charge in [0.2, 0.25) is 0 Å². The van der Waals surface area contributed by atoms with Gasteiger partial charge in [0.25, 0.3) is 11.8 Å². The number of nitrogens with zero attached hydrogens (tertiary/aromatic N) is 1. The standard InChI is InChI=1S/C16H18ClN3O5/c1-3-16(2)14(23)20(15(24)19-16)8-13(22)25-9-12(21)18-11-6-4-10(17)5-7-11/h4-7H,3,8-9H2,1-2H3,(H,18,21)(H,19,24)/t16-/m1/s1. The number of carbonyl (C=O) groups excluding carboxylic acids is 4. The summed E-state index contributed by atoms with van der Waals surface area (Å²) in [6.45, 7) is 2.25. The maximum Gasteiger partial charge on any atom is 0.326 e. The number of carbonyl (C=O) groups is 4. The molecule has 1 aromatic carbocycles. The lowest BCUT2D eigenvalue weighted by atomic mass is 9.99. The Labute approximate surface area is 149 Å². The van der Waals surface area contributed by atoms with Gasteiger partial charge in [0.05, 0.1) is 0 Å². The number of esters is 1. The summed E-state index contributed by atoms with van der Waals surface area (Å²) in [4.78, 5) is 48.3. The molecule has 0 bridgehead atoms. The summed E-state index contributed by atoms with van der Waals surface area (Å²) >= 11 is 5.74. The molecule has 0 saturated carbocycles. The highest BCUT2D eigenvalue weighted by molar-refractivity contribution is 6.30. The molecule has 1 fully saturated rings. The zero-order valence-electron chi connectivity index (χ0n) is 13.8. The zero-order valence-corrected chi connectivity index (χ0v) is 14.6. The number of ether oxygens (including phenoxy) is 1. The molecule has 0 unspecified atom stereocenters. The summed E-state index contributed by atoms with van der Waals surface area (Å²) in [6, 6.07) is 5.75. The second kappa shape index (κ2) is 7.52. The van der Waals surface area contributed by atoms with Crippen LogP contribution in [0.2, 0.25) is 5.02 Å². The number of rotatable bonds is 6. The van der Waals surface area contributed by atoms with Gasteiger partial charge in [-0.3, -0.25) is 19.3 Å². The molecule has 1 atom stereocenters. The number of benzene rings is 1. The first-order valence-corrected chi connectivity index (χ1v) is 7.98. The van der Waals surface area contributed by atoms with Crippen molar-refractivity contribution in [3.63, 3.8) is 0 Å². The molecule has 9 heteroatoms. The fraction of sp³-hybridized carbons (Fsp3) is 0.375. The smallest absolute Gasteiger partial charge is 0.326 e. The van der Waals surface area contributed by atoms with Crippen molar-refractivity contribution >= 4 is 41.1 Å². The fourth-order valence-corrected chi connectivity index (χ4v) is 2.31. The average molecular weight is 368 g/mol. The van der Waals surface area contributed by atoms with Crippen molar-refractivity contribution in [1.29, 1.82) is 0 Å². The van der Waals surface area contributed by atoms with Crippen LogP contribution in [0.25, 0.3) is 0 Å². The molecular formula is C16H18ClN3O5. The molecule has 1 aromatic rings. The Morgan fingerprint density at radius 2 is 1.92 bits per heavy atom. The lowest BCUT2D eigenvalue weighted by Gasteiger charge is -2.18. The number of urea groups is 1. The van der Waals surface area contributed by atoms with Crippen LogP contribution in [0.1, 0.15) is 20.3 Å². The van der Waals surface area contributed by atoms with E-state index in [2.05, 4.69) is 10.6 Å². The first-order chi connectivity index (χ1) is 11.7. The molecular weight excluding hydrogens is 350 g/mol. The van der Waals surface area contributed by atoms with Crippen molar-refractivity contribution in [3.05, 3.63) is 29.3 Å². The first kappa shape index (κ1) is 18.7. The molecule has 0 aromatic heterocycles. The normalized spacial score (nSPS) is 19.6. The van der Waals surface area contributed by atoms with E-state index < -0.39 is 42.5 Å². The molecule has 0 aliphatic carbocycles. The minimum Gasteiger partial charge on any atom is -0.454 e. The lowest BCUT2D eigenvalue weighted by molar-refractivity contribution is -0.150. The molecule has 2 N–H and O–H groups in total. The van der Waals surface area contributed by atoms with Gasteiger partial charge in [0.1, 0.15) is 12.1 Å². The minimum absolute atomic E-state index is 0.395. The monoisotopic (exact) mass is 367 g/mol. The quantitative estimate of drug-likeness (QED) is 0.586. The number of hydrogen-bond donors (Lipinski definition) is 2. The third kappa shape index (κ3) is 4.48. The molecule has 1 saturated heterocycles. The van der Waals surface area contributed by atoms with E-state index in [-0.39, 0.29) is 0 Å². The molecule has 4 amide bonds. The predicted molar refractivity (Wildman–Crippen MR) is 90.0 cm³/mol. The van der Waals surface area contributed by atoms with Crippen molar-refractivity contribution in [3.8, 4) is 0 Å². The van der Waals surface area contributed by atoms with Gasteiger partial charge in [-0.2, -0.15) is 0 Å². The van der Waals surface area contributed by atoms with Gasteiger partial charge in [-0.15, -0.1) is 0 Å². The summed E-state index contributed by atoms with van der Waals surface area (Å²) in [5.41, 5.74) is -0.526. The van der Waals surface area contributed by atoms with Crippen molar-refractivity contribution < 1.29 is 23.9 Å². The topological polar surface area (TPSA) is 105 Å². The van der Waals surface area contributed by atoms with Crippen molar-refractivity contribution in [2.45, 2.75) is 25.8 Å².